The Morgan fingerprint density at radius 3 is 2.53 bits per heavy atom. The SMILES string of the molecule is CC(=O)N[C@H]1CC[C@H](n2ncc(-c3cc(Sc4ccccc4C#N)c4c(C#N)cnn4c3)c2C)CC1. The second-order valence-corrected chi connectivity index (χ2v) is 10.1. The van der Waals surface area contributed by atoms with Gasteiger partial charge in [0, 0.05) is 45.8 Å². The van der Waals surface area contributed by atoms with Crippen LogP contribution in [-0.4, -0.2) is 31.3 Å². The zero-order valence-electron chi connectivity index (χ0n) is 20.1. The smallest absolute Gasteiger partial charge is 0.217 e. The van der Waals surface area contributed by atoms with Crippen LogP contribution in [0.4, 0.5) is 0 Å². The molecule has 1 aliphatic carbocycles. The van der Waals surface area contributed by atoms with Gasteiger partial charge in [0.15, 0.2) is 0 Å². The van der Waals surface area contributed by atoms with Gasteiger partial charge in [0.1, 0.15) is 12.1 Å². The van der Waals surface area contributed by atoms with Crippen LogP contribution in [0.2, 0.25) is 0 Å². The van der Waals surface area contributed by atoms with Crippen molar-refractivity contribution in [2.45, 2.75) is 61.4 Å². The highest BCUT2D eigenvalue weighted by Crippen LogP contribution is 2.38. The van der Waals surface area contributed by atoms with Crippen LogP contribution in [0.15, 0.2) is 58.7 Å². The Kier molecular flexibility index (Phi) is 6.49. The summed E-state index contributed by atoms with van der Waals surface area (Å²) >= 11 is 1.46. The summed E-state index contributed by atoms with van der Waals surface area (Å²) in [5.41, 5.74) is 4.82. The van der Waals surface area contributed by atoms with E-state index in [2.05, 4.69) is 40.2 Å². The summed E-state index contributed by atoms with van der Waals surface area (Å²) in [6.45, 7) is 3.64. The van der Waals surface area contributed by atoms with Crippen molar-refractivity contribution in [3.05, 3.63) is 65.7 Å². The molecular weight excluding hydrogens is 470 g/mol. The molecule has 3 aromatic heterocycles. The van der Waals surface area contributed by atoms with E-state index in [4.69, 9.17) is 5.10 Å². The lowest BCUT2D eigenvalue weighted by Crippen LogP contribution is -2.36. The van der Waals surface area contributed by atoms with Crippen LogP contribution in [0, 0.1) is 29.6 Å². The van der Waals surface area contributed by atoms with Gasteiger partial charge in [0.2, 0.25) is 5.91 Å². The average Bonchev–Trinajstić information content (AvgIpc) is 3.48. The molecule has 0 spiro atoms. The molecule has 0 unspecified atom stereocenters. The number of aromatic nitrogens is 4. The number of benzene rings is 1. The third kappa shape index (κ3) is 4.46. The summed E-state index contributed by atoms with van der Waals surface area (Å²) in [4.78, 5) is 13.1. The van der Waals surface area contributed by atoms with Crippen LogP contribution in [0.25, 0.3) is 16.6 Å². The van der Waals surface area contributed by atoms with Crippen LogP contribution < -0.4 is 5.32 Å². The number of hydrogen-bond donors (Lipinski definition) is 1. The number of nitriles is 2. The number of nitrogens with one attached hydrogen (secondary N) is 1. The molecule has 4 aromatic rings. The summed E-state index contributed by atoms with van der Waals surface area (Å²) in [6, 6.07) is 14.5. The summed E-state index contributed by atoms with van der Waals surface area (Å²) in [5, 5.41) is 31.4. The molecule has 0 aliphatic heterocycles. The maximum atomic E-state index is 11.4. The highest BCUT2D eigenvalue weighted by molar-refractivity contribution is 7.99. The second kappa shape index (κ2) is 9.88. The van der Waals surface area contributed by atoms with Crippen molar-refractivity contribution in [2.24, 2.45) is 0 Å². The monoisotopic (exact) mass is 495 g/mol. The molecule has 1 aliphatic rings. The number of amides is 1. The third-order valence-corrected chi connectivity index (χ3v) is 7.84. The van der Waals surface area contributed by atoms with Crippen molar-refractivity contribution in [3.63, 3.8) is 0 Å². The Hall–Kier alpha value is -4.08. The molecule has 1 amide bonds. The Morgan fingerprint density at radius 2 is 1.81 bits per heavy atom. The van der Waals surface area contributed by atoms with Gasteiger partial charge in [-0.05, 0) is 50.8 Å². The average molecular weight is 496 g/mol. The van der Waals surface area contributed by atoms with E-state index in [-0.39, 0.29) is 11.9 Å². The fourth-order valence-electron chi connectivity index (χ4n) is 4.98. The first-order valence-electron chi connectivity index (χ1n) is 11.9. The molecule has 0 radical (unpaired) electrons. The summed E-state index contributed by atoms with van der Waals surface area (Å²) in [7, 11) is 0. The molecular formula is C27H25N7OS. The molecule has 1 saturated carbocycles. The molecule has 5 rings (SSSR count). The number of hydrogen-bond acceptors (Lipinski definition) is 6. The fraction of sp³-hybridized carbons (Fsp3) is 0.296. The number of fused-ring (bicyclic) bond motifs is 1. The zero-order valence-corrected chi connectivity index (χ0v) is 20.9. The Morgan fingerprint density at radius 1 is 1.06 bits per heavy atom. The van der Waals surface area contributed by atoms with E-state index in [1.165, 1.54) is 11.8 Å². The van der Waals surface area contributed by atoms with Crippen LogP contribution in [-0.2, 0) is 4.79 Å². The van der Waals surface area contributed by atoms with Gasteiger partial charge in [0.05, 0.1) is 35.1 Å². The van der Waals surface area contributed by atoms with Crippen molar-refractivity contribution >= 4 is 23.2 Å². The molecule has 9 heteroatoms. The standard InChI is InChI=1S/C27H25N7OS/c1-17-24(15-31-34(17)23-9-7-22(8-10-23)32-18(2)35)20-11-26(27-21(13-29)14-30-33(27)16-20)36-25-6-4-3-5-19(25)12-28/h3-6,11,14-16,22-23H,7-10H2,1-2H3,(H,32,35)/t22-,23-. The van der Waals surface area contributed by atoms with Gasteiger partial charge >= 0.3 is 0 Å². The van der Waals surface area contributed by atoms with Crippen LogP contribution in [0.1, 0.15) is 55.5 Å². The highest BCUT2D eigenvalue weighted by atomic mass is 32.2. The molecule has 36 heavy (non-hydrogen) atoms. The molecule has 1 N–H and O–H groups in total. The van der Waals surface area contributed by atoms with E-state index in [0.717, 1.165) is 57.8 Å². The quantitative estimate of drug-likeness (QED) is 0.416. The number of pyridine rings is 1. The molecule has 8 nitrogen and oxygen atoms in total. The zero-order chi connectivity index (χ0) is 25.2. The summed E-state index contributed by atoms with van der Waals surface area (Å²) in [5.74, 6) is 0.0237. The lowest BCUT2D eigenvalue weighted by molar-refractivity contribution is -0.119. The van der Waals surface area contributed by atoms with Crippen molar-refractivity contribution < 1.29 is 4.79 Å². The first kappa shape index (κ1) is 23.7. The third-order valence-electron chi connectivity index (χ3n) is 6.73. The first-order chi connectivity index (χ1) is 17.5. The van der Waals surface area contributed by atoms with Gasteiger partial charge in [0.25, 0.3) is 0 Å². The van der Waals surface area contributed by atoms with Gasteiger partial charge in [-0.15, -0.1) is 0 Å². The van der Waals surface area contributed by atoms with E-state index >= 15 is 0 Å². The fourth-order valence-corrected chi connectivity index (χ4v) is 6.08. The normalized spacial score (nSPS) is 17.4. The van der Waals surface area contributed by atoms with Crippen LogP contribution in [0.5, 0.6) is 0 Å². The minimum Gasteiger partial charge on any atom is -0.354 e. The van der Waals surface area contributed by atoms with Gasteiger partial charge in [-0.3, -0.25) is 9.48 Å². The minimum absolute atomic E-state index is 0.0237. The second-order valence-electron chi connectivity index (χ2n) is 9.06. The maximum absolute atomic E-state index is 11.4. The number of carbonyl (C=O) groups excluding carboxylic acids is 1. The first-order valence-corrected chi connectivity index (χ1v) is 12.7. The summed E-state index contributed by atoms with van der Waals surface area (Å²) in [6.07, 6.45) is 9.19. The van der Waals surface area contributed by atoms with Crippen molar-refractivity contribution in [1.29, 1.82) is 10.5 Å². The number of nitrogens with zero attached hydrogens (tertiary/aromatic N) is 6. The van der Waals surface area contributed by atoms with E-state index in [9.17, 15) is 15.3 Å². The molecule has 0 atom stereocenters. The predicted molar refractivity (Wildman–Crippen MR) is 136 cm³/mol. The van der Waals surface area contributed by atoms with E-state index in [0.29, 0.717) is 17.2 Å². The maximum Gasteiger partial charge on any atom is 0.217 e. The molecule has 180 valence electrons. The van der Waals surface area contributed by atoms with E-state index in [1.807, 2.05) is 30.6 Å². The summed E-state index contributed by atoms with van der Waals surface area (Å²) < 4.78 is 3.84. The molecule has 3 heterocycles. The molecule has 1 fully saturated rings. The van der Waals surface area contributed by atoms with E-state index in [1.54, 1.807) is 23.7 Å². The highest BCUT2D eigenvalue weighted by Gasteiger charge is 2.25. The Labute approximate surface area is 213 Å². The van der Waals surface area contributed by atoms with Gasteiger partial charge < -0.3 is 5.32 Å². The lowest BCUT2D eigenvalue weighted by Gasteiger charge is -2.29. The topological polar surface area (TPSA) is 112 Å². The van der Waals surface area contributed by atoms with Gasteiger partial charge in [-0.2, -0.15) is 20.7 Å². The van der Waals surface area contributed by atoms with Gasteiger partial charge in [-0.25, -0.2) is 4.52 Å². The largest absolute Gasteiger partial charge is 0.354 e. The van der Waals surface area contributed by atoms with Crippen molar-refractivity contribution in [1.82, 2.24) is 24.7 Å². The molecule has 0 saturated heterocycles. The van der Waals surface area contributed by atoms with Gasteiger partial charge in [-0.1, -0.05) is 23.9 Å². The Bertz CT molecular complexity index is 1530. The van der Waals surface area contributed by atoms with Crippen LogP contribution in [0.3, 0.4) is 0 Å². The van der Waals surface area contributed by atoms with Crippen molar-refractivity contribution in [3.8, 4) is 23.3 Å². The van der Waals surface area contributed by atoms with E-state index < -0.39 is 0 Å². The van der Waals surface area contributed by atoms with Crippen LogP contribution >= 0.6 is 11.8 Å². The minimum atomic E-state index is 0.0237. The number of rotatable bonds is 5. The Balaban J connectivity index is 1.50. The molecule has 1 aromatic carbocycles. The predicted octanol–water partition coefficient (Wildman–Crippen LogP) is 5.02. The molecule has 0 bridgehead atoms. The number of carbonyl (C=O) groups is 1. The van der Waals surface area contributed by atoms with Crippen molar-refractivity contribution in [2.75, 3.05) is 0 Å². The lowest BCUT2D eigenvalue weighted by atomic mass is 9.91.